The van der Waals surface area contributed by atoms with E-state index in [0.29, 0.717) is 23.9 Å². The molecule has 9 heteroatoms. The van der Waals surface area contributed by atoms with Crippen LogP contribution in [0.15, 0.2) is 0 Å². The van der Waals surface area contributed by atoms with Gasteiger partial charge >= 0.3 is 7.82 Å². The molecule has 0 aliphatic rings. The standard InChI is InChI=1S/C50H103N2O6P/c1-6-8-10-12-14-16-18-20-22-24-25-26-27-28-30-32-34-36-38-40-42-44-50(54)51-48(47-58-59(55,56)57-46-45-52(3,4)5)49(53)43-41-39-37-35-33-31-29-23-21-19-17-15-13-11-9-7-2/h48-49,53H,6-47H2,1-5H3,(H-,51,54,55,56)/p+1. The largest absolute Gasteiger partial charge is 0.472 e. The fourth-order valence-electron chi connectivity index (χ4n) is 7.99. The van der Waals surface area contributed by atoms with Crippen molar-refractivity contribution < 1.29 is 32.9 Å². The molecule has 0 fully saturated rings. The van der Waals surface area contributed by atoms with Gasteiger partial charge in [0.05, 0.1) is 39.9 Å². The van der Waals surface area contributed by atoms with Crippen molar-refractivity contribution >= 4 is 13.7 Å². The quantitative estimate of drug-likeness (QED) is 0.0320. The van der Waals surface area contributed by atoms with E-state index < -0.39 is 20.0 Å². The fourth-order valence-corrected chi connectivity index (χ4v) is 8.73. The van der Waals surface area contributed by atoms with Gasteiger partial charge in [-0.2, -0.15) is 0 Å². The summed E-state index contributed by atoms with van der Waals surface area (Å²) in [5.41, 5.74) is 0. The third-order valence-electron chi connectivity index (χ3n) is 12.1. The maximum atomic E-state index is 12.9. The molecule has 354 valence electrons. The minimum atomic E-state index is -4.31. The SMILES string of the molecule is CCCCCCCCCCCCCCCCCCCCCCCC(=O)NC(COP(=O)(O)OCC[N+](C)(C)C)C(O)CCCCCCCCCCCCCCCCCC. The molecule has 3 unspecified atom stereocenters. The van der Waals surface area contributed by atoms with Gasteiger partial charge < -0.3 is 19.8 Å². The van der Waals surface area contributed by atoms with Crippen LogP contribution in [0.25, 0.3) is 0 Å². The number of hydrogen-bond acceptors (Lipinski definition) is 5. The second-order valence-corrected chi connectivity index (χ2v) is 20.7. The topological polar surface area (TPSA) is 105 Å². The van der Waals surface area contributed by atoms with Crippen molar-refractivity contribution in [1.29, 1.82) is 0 Å². The van der Waals surface area contributed by atoms with E-state index in [4.69, 9.17) is 9.05 Å². The second-order valence-electron chi connectivity index (χ2n) is 19.3. The number of quaternary nitrogens is 1. The first-order chi connectivity index (χ1) is 28.5. The number of likely N-dealkylation sites (N-methyl/N-ethyl adjacent to an activating group) is 1. The molecule has 0 aromatic heterocycles. The molecule has 3 atom stereocenters. The second kappa shape index (κ2) is 42.8. The number of phosphoric acid groups is 1. The fraction of sp³-hybridized carbons (Fsp3) is 0.980. The summed E-state index contributed by atoms with van der Waals surface area (Å²) in [4.78, 5) is 23.2. The third kappa shape index (κ3) is 45.3. The lowest BCUT2D eigenvalue weighted by atomic mass is 10.0. The van der Waals surface area contributed by atoms with Gasteiger partial charge in [-0.1, -0.05) is 245 Å². The summed E-state index contributed by atoms with van der Waals surface area (Å²) in [6, 6.07) is -0.754. The molecule has 0 aliphatic heterocycles. The zero-order valence-electron chi connectivity index (χ0n) is 40.3. The summed E-state index contributed by atoms with van der Waals surface area (Å²) in [5, 5.41) is 14.0. The van der Waals surface area contributed by atoms with Crippen LogP contribution in [0, 0.1) is 0 Å². The number of unbranched alkanes of at least 4 members (excludes halogenated alkanes) is 35. The lowest BCUT2D eigenvalue weighted by Gasteiger charge is -2.26. The Bertz CT molecular complexity index is 932. The highest BCUT2D eigenvalue weighted by Gasteiger charge is 2.28. The van der Waals surface area contributed by atoms with E-state index in [2.05, 4.69) is 19.2 Å². The van der Waals surface area contributed by atoms with Gasteiger partial charge in [-0.05, 0) is 12.8 Å². The normalized spacial score (nSPS) is 14.1. The number of amides is 1. The molecule has 0 aliphatic carbocycles. The van der Waals surface area contributed by atoms with Crippen LogP contribution in [0.2, 0.25) is 0 Å². The molecule has 0 bridgehead atoms. The van der Waals surface area contributed by atoms with Gasteiger partial charge in [0, 0.05) is 6.42 Å². The average Bonchev–Trinajstić information content (AvgIpc) is 3.19. The Morgan fingerprint density at radius 3 is 1.14 bits per heavy atom. The molecular weight excluding hydrogens is 756 g/mol. The molecule has 0 rings (SSSR count). The molecule has 0 aromatic rings. The number of nitrogens with zero attached hydrogens (tertiary/aromatic N) is 1. The van der Waals surface area contributed by atoms with E-state index in [1.54, 1.807) is 0 Å². The minimum Gasteiger partial charge on any atom is -0.391 e. The van der Waals surface area contributed by atoms with Gasteiger partial charge in [-0.25, -0.2) is 4.57 Å². The molecule has 0 spiro atoms. The highest BCUT2D eigenvalue weighted by Crippen LogP contribution is 2.43. The maximum Gasteiger partial charge on any atom is 0.472 e. The van der Waals surface area contributed by atoms with Crippen LogP contribution in [0.3, 0.4) is 0 Å². The smallest absolute Gasteiger partial charge is 0.391 e. The molecule has 0 heterocycles. The number of aliphatic hydroxyl groups is 1. The first-order valence-corrected chi connectivity index (χ1v) is 27.4. The Balaban J connectivity index is 4.20. The Morgan fingerprint density at radius 1 is 0.508 bits per heavy atom. The van der Waals surface area contributed by atoms with Gasteiger partial charge in [0.2, 0.25) is 5.91 Å². The highest BCUT2D eigenvalue weighted by atomic mass is 31.2. The van der Waals surface area contributed by atoms with Gasteiger partial charge in [-0.15, -0.1) is 0 Å². The van der Waals surface area contributed by atoms with Crippen LogP contribution >= 0.6 is 7.82 Å². The Hall–Kier alpha value is -0.500. The van der Waals surface area contributed by atoms with Crippen LogP contribution in [0.5, 0.6) is 0 Å². The van der Waals surface area contributed by atoms with Crippen molar-refractivity contribution in [3.05, 3.63) is 0 Å². The molecule has 0 saturated heterocycles. The number of rotatable bonds is 48. The Labute approximate surface area is 368 Å². The minimum absolute atomic E-state index is 0.0789. The summed E-state index contributed by atoms with van der Waals surface area (Å²) >= 11 is 0. The first-order valence-electron chi connectivity index (χ1n) is 25.9. The monoisotopic (exact) mass is 860 g/mol. The predicted molar refractivity (Wildman–Crippen MR) is 254 cm³/mol. The summed E-state index contributed by atoms with van der Waals surface area (Å²) < 4.78 is 23.7. The summed E-state index contributed by atoms with van der Waals surface area (Å²) in [6.07, 6.45) is 48.5. The maximum absolute atomic E-state index is 12.9. The summed E-state index contributed by atoms with van der Waals surface area (Å²) in [6.45, 7) is 4.93. The zero-order valence-corrected chi connectivity index (χ0v) is 41.2. The number of hydrogen-bond donors (Lipinski definition) is 3. The molecule has 59 heavy (non-hydrogen) atoms. The first kappa shape index (κ1) is 58.5. The van der Waals surface area contributed by atoms with Crippen LogP contribution in [-0.4, -0.2) is 73.4 Å². The number of carbonyl (C=O) groups is 1. The van der Waals surface area contributed by atoms with Crippen molar-refractivity contribution in [2.45, 2.75) is 276 Å². The van der Waals surface area contributed by atoms with E-state index in [0.717, 1.165) is 38.5 Å². The van der Waals surface area contributed by atoms with Crippen LogP contribution in [0.4, 0.5) is 0 Å². The van der Waals surface area contributed by atoms with Crippen molar-refractivity contribution in [1.82, 2.24) is 5.32 Å². The van der Waals surface area contributed by atoms with Crippen molar-refractivity contribution in [2.24, 2.45) is 0 Å². The Morgan fingerprint density at radius 2 is 0.814 bits per heavy atom. The number of phosphoric ester groups is 1. The van der Waals surface area contributed by atoms with Crippen molar-refractivity contribution in [2.75, 3.05) is 40.9 Å². The van der Waals surface area contributed by atoms with Crippen LogP contribution < -0.4 is 5.32 Å². The summed E-state index contributed by atoms with van der Waals surface area (Å²) in [5.74, 6) is -0.138. The van der Waals surface area contributed by atoms with E-state index in [1.165, 1.54) is 199 Å². The Kier molecular flexibility index (Phi) is 42.4. The molecule has 1 amide bonds. The van der Waals surface area contributed by atoms with Gasteiger partial charge in [-0.3, -0.25) is 13.8 Å². The number of nitrogens with one attached hydrogen (secondary N) is 1. The molecule has 3 N–H and O–H groups in total. The van der Waals surface area contributed by atoms with Crippen LogP contribution in [0.1, 0.15) is 264 Å². The van der Waals surface area contributed by atoms with Crippen molar-refractivity contribution in [3.8, 4) is 0 Å². The predicted octanol–water partition coefficient (Wildman–Crippen LogP) is 14.9. The van der Waals surface area contributed by atoms with E-state index in [-0.39, 0.29) is 19.1 Å². The summed E-state index contributed by atoms with van der Waals surface area (Å²) in [7, 11) is 1.63. The van der Waals surface area contributed by atoms with E-state index in [1.807, 2.05) is 21.1 Å². The molecule has 0 aromatic carbocycles. The highest BCUT2D eigenvalue weighted by molar-refractivity contribution is 7.47. The third-order valence-corrected chi connectivity index (χ3v) is 13.1. The van der Waals surface area contributed by atoms with Gasteiger partial charge in [0.15, 0.2) is 0 Å². The molecule has 0 saturated carbocycles. The lowest BCUT2D eigenvalue weighted by molar-refractivity contribution is -0.870. The van der Waals surface area contributed by atoms with Gasteiger partial charge in [0.1, 0.15) is 13.2 Å². The van der Waals surface area contributed by atoms with Gasteiger partial charge in [0.25, 0.3) is 0 Å². The number of aliphatic hydroxyl groups excluding tert-OH is 1. The molecule has 8 nitrogen and oxygen atoms in total. The molecular formula is C50H104N2O6P+. The average molecular weight is 860 g/mol. The van der Waals surface area contributed by atoms with Crippen LogP contribution in [-0.2, 0) is 18.4 Å². The van der Waals surface area contributed by atoms with E-state index >= 15 is 0 Å². The molecule has 0 radical (unpaired) electrons. The van der Waals surface area contributed by atoms with E-state index in [9.17, 15) is 19.4 Å². The lowest BCUT2D eigenvalue weighted by Crippen LogP contribution is -2.46. The van der Waals surface area contributed by atoms with Crippen molar-refractivity contribution in [3.63, 3.8) is 0 Å². The number of carbonyl (C=O) groups excluding carboxylic acids is 1. The zero-order chi connectivity index (χ0) is 43.6.